The molecule has 0 saturated heterocycles. The van der Waals surface area contributed by atoms with E-state index in [0.717, 1.165) is 33.3 Å². The number of aromatic nitrogens is 2. The van der Waals surface area contributed by atoms with E-state index in [1.165, 1.54) is 0 Å². The number of fused-ring (bicyclic) bond motifs is 1. The summed E-state index contributed by atoms with van der Waals surface area (Å²) < 4.78 is 5.44. The van der Waals surface area contributed by atoms with Gasteiger partial charge >= 0.3 is 6.09 Å². The number of H-pyrrole nitrogens is 1. The third-order valence-electron chi connectivity index (χ3n) is 4.88. The number of anilines is 1. The third-order valence-corrected chi connectivity index (χ3v) is 5.19. The van der Waals surface area contributed by atoms with Crippen LogP contribution in [0.15, 0.2) is 54.6 Å². The van der Waals surface area contributed by atoms with Crippen molar-refractivity contribution in [2.24, 2.45) is 0 Å². The molecule has 0 radical (unpaired) electrons. The van der Waals surface area contributed by atoms with Crippen molar-refractivity contribution in [2.75, 3.05) is 5.32 Å². The van der Waals surface area contributed by atoms with Gasteiger partial charge in [0.1, 0.15) is 11.6 Å². The lowest BCUT2D eigenvalue weighted by Gasteiger charge is -2.08. The van der Waals surface area contributed by atoms with E-state index in [-0.39, 0.29) is 0 Å². The van der Waals surface area contributed by atoms with E-state index in [4.69, 9.17) is 16.3 Å². The molecule has 0 saturated carbocycles. The van der Waals surface area contributed by atoms with Gasteiger partial charge < -0.3 is 9.72 Å². The summed E-state index contributed by atoms with van der Waals surface area (Å²) in [5.74, 6) is 1.10. The van der Waals surface area contributed by atoms with Crippen molar-refractivity contribution in [3.8, 4) is 17.1 Å². The van der Waals surface area contributed by atoms with Gasteiger partial charge in [0.15, 0.2) is 0 Å². The fourth-order valence-corrected chi connectivity index (χ4v) is 3.48. The molecule has 29 heavy (non-hydrogen) atoms. The molecule has 3 aromatic carbocycles. The number of aromatic amines is 1. The van der Waals surface area contributed by atoms with E-state index in [1.807, 2.05) is 57.2 Å². The van der Waals surface area contributed by atoms with Crippen LogP contribution in [0.3, 0.4) is 0 Å². The molecular weight excluding hydrogens is 386 g/mol. The van der Waals surface area contributed by atoms with Gasteiger partial charge in [-0.1, -0.05) is 29.8 Å². The van der Waals surface area contributed by atoms with Crippen molar-refractivity contribution < 1.29 is 9.53 Å². The van der Waals surface area contributed by atoms with Crippen molar-refractivity contribution in [3.05, 3.63) is 76.3 Å². The maximum Gasteiger partial charge on any atom is 0.417 e. The number of halogens is 1. The number of hydrogen-bond acceptors (Lipinski definition) is 3. The van der Waals surface area contributed by atoms with Crippen molar-refractivity contribution in [3.63, 3.8) is 0 Å². The highest BCUT2D eigenvalue weighted by molar-refractivity contribution is 6.33. The van der Waals surface area contributed by atoms with E-state index in [1.54, 1.807) is 18.2 Å². The van der Waals surface area contributed by atoms with Crippen molar-refractivity contribution in [1.82, 2.24) is 9.97 Å². The molecular formula is C23H20ClN3O2. The Morgan fingerprint density at radius 3 is 2.59 bits per heavy atom. The molecule has 0 aliphatic carbocycles. The molecule has 1 heterocycles. The molecule has 1 amide bonds. The van der Waals surface area contributed by atoms with Crippen LogP contribution in [-0.4, -0.2) is 16.1 Å². The average Bonchev–Trinajstić information content (AvgIpc) is 3.07. The first-order chi connectivity index (χ1) is 13.9. The third kappa shape index (κ3) is 3.96. The van der Waals surface area contributed by atoms with Crippen molar-refractivity contribution >= 4 is 34.4 Å². The van der Waals surface area contributed by atoms with Crippen LogP contribution in [-0.2, 0) is 0 Å². The maximum absolute atomic E-state index is 12.3. The number of nitrogens with one attached hydrogen (secondary N) is 2. The summed E-state index contributed by atoms with van der Waals surface area (Å²) in [6, 6.07) is 16.7. The summed E-state index contributed by atoms with van der Waals surface area (Å²) in [7, 11) is 0. The van der Waals surface area contributed by atoms with Crippen LogP contribution in [0, 0.1) is 20.8 Å². The SMILES string of the molecule is Cc1ccc(NC(=O)Oc2ccc3nc(-c4c(C)cccc4Cl)[nH]c3c2)cc1C. The number of ether oxygens (including phenoxy) is 1. The summed E-state index contributed by atoms with van der Waals surface area (Å²) in [4.78, 5) is 20.1. The maximum atomic E-state index is 12.3. The molecule has 146 valence electrons. The Hall–Kier alpha value is -3.31. The molecule has 5 nitrogen and oxygen atoms in total. The smallest absolute Gasteiger partial charge is 0.410 e. The lowest BCUT2D eigenvalue weighted by atomic mass is 10.1. The van der Waals surface area contributed by atoms with Crippen LogP contribution in [0.1, 0.15) is 16.7 Å². The van der Waals surface area contributed by atoms with Crippen molar-refractivity contribution in [2.45, 2.75) is 20.8 Å². The van der Waals surface area contributed by atoms with E-state index in [0.29, 0.717) is 22.3 Å². The van der Waals surface area contributed by atoms with E-state index < -0.39 is 6.09 Å². The highest BCUT2D eigenvalue weighted by Gasteiger charge is 2.13. The lowest BCUT2D eigenvalue weighted by molar-refractivity contribution is 0.215. The Morgan fingerprint density at radius 1 is 1.00 bits per heavy atom. The van der Waals surface area contributed by atoms with Crippen LogP contribution in [0.5, 0.6) is 5.75 Å². The van der Waals surface area contributed by atoms with Gasteiger partial charge in [-0.3, -0.25) is 5.32 Å². The molecule has 0 fully saturated rings. The summed E-state index contributed by atoms with van der Waals surface area (Å²) in [6.45, 7) is 6.01. The van der Waals surface area contributed by atoms with E-state index in [9.17, 15) is 4.79 Å². The Kier molecular flexibility index (Phi) is 4.99. The van der Waals surface area contributed by atoms with E-state index >= 15 is 0 Å². The predicted octanol–water partition coefficient (Wildman–Crippen LogP) is 6.42. The zero-order valence-corrected chi connectivity index (χ0v) is 17.1. The van der Waals surface area contributed by atoms with Gasteiger partial charge in [-0.25, -0.2) is 9.78 Å². The molecule has 4 rings (SSSR count). The highest BCUT2D eigenvalue weighted by atomic mass is 35.5. The first-order valence-corrected chi connectivity index (χ1v) is 9.60. The molecule has 4 aromatic rings. The Bertz CT molecular complexity index is 1210. The summed E-state index contributed by atoms with van der Waals surface area (Å²) in [5.41, 5.74) is 6.37. The number of nitrogens with zero attached hydrogens (tertiary/aromatic N) is 1. The molecule has 6 heteroatoms. The largest absolute Gasteiger partial charge is 0.417 e. The Morgan fingerprint density at radius 2 is 1.83 bits per heavy atom. The minimum absolute atomic E-state index is 0.421. The standard InChI is InChI=1S/C23H20ClN3O2/c1-13-7-8-16(11-15(13)3)25-23(28)29-17-9-10-19-20(12-17)27-22(26-19)21-14(2)5-4-6-18(21)24/h4-12H,1-3H3,(H,25,28)(H,26,27). The molecule has 2 N–H and O–H groups in total. The zero-order chi connectivity index (χ0) is 20.5. The molecule has 0 bridgehead atoms. The fraction of sp³-hybridized carbons (Fsp3) is 0.130. The number of aryl methyl sites for hydroxylation is 3. The number of carbonyl (C=O) groups is 1. The first kappa shape index (κ1) is 19.0. The Labute approximate surface area is 173 Å². The zero-order valence-electron chi connectivity index (χ0n) is 16.3. The van der Waals surface area contributed by atoms with Gasteiger partial charge in [-0.05, 0) is 67.8 Å². The summed E-state index contributed by atoms with van der Waals surface area (Å²) in [6.07, 6.45) is -0.547. The fourth-order valence-electron chi connectivity index (χ4n) is 3.17. The predicted molar refractivity (Wildman–Crippen MR) is 117 cm³/mol. The van der Waals surface area contributed by atoms with E-state index in [2.05, 4.69) is 15.3 Å². The Balaban J connectivity index is 1.56. The number of imidazole rings is 1. The van der Waals surface area contributed by atoms with Gasteiger partial charge in [-0.15, -0.1) is 0 Å². The highest BCUT2D eigenvalue weighted by Crippen LogP contribution is 2.31. The quantitative estimate of drug-likeness (QED) is 0.413. The number of carbonyl (C=O) groups excluding carboxylic acids is 1. The van der Waals surface area contributed by atoms with Crippen LogP contribution in [0.25, 0.3) is 22.4 Å². The normalized spacial score (nSPS) is 10.9. The monoisotopic (exact) mass is 405 g/mol. The van der Waals surface area contributed by atoms with Crippen LogP contribution in [0.2, 0.25) is 5.02 Å². The van der Waals surface area contributed by atoms with Gasteiger partial charge in [0, 0.05) is 17.3 Å². The van der Waals surface area contributed by atoms with Gasteiger partial charge in [0.25, 0.3) is 0 Å². The number of amides is 1. The second-order valence-electron chi connectivity index (χ2n) is 7.01. The van der Waals surface area contributed by atoms with Crippen molar-refractivity contribution in [1.29, 1.82) is 0 Å². The second kappa shape index (κ2) is 7.60. The molecule has 0 unspecified atom stereocenters. The summed E-state index contributed by atoms with van der Waals surface area (Å²) >= 11 is 6.35. The molecule has 0 aliphatic heterocycles. The minimum atomic E-state index is -0.547. The molecule has 0 spiro atoms. The van der Waals surface area contributed by atoms with Crippen LogP contribution >= 0.6 is 11.6 Å². The number of hydrogen-bond donors (Lipinski definition) is 2. The molecule has 0 aliphatic rings. The van der Waals surface area contributed by atoms with Gasteiger partial charge in [0.05, 0.1) is 16.1 Å². The summed E-state index contributed by atoms with van der Waals surface area (Å²) in [5, 5.41) is 3.38. The van der Waals surface area contributed by atoms with Gasteiger partial charge in [0.2, 0.25) is 0 Å². The van der Waals surface area contributed by atoms with Gasteiger partial charge in [-0.2, -0.15) is 0 Å². The average molecular weight is 406 g/mol. The second-order valence-corrected chi connectivity index (χ2v) is 7.42. The van der Waals surface area contributed by atoms with Crippen LogP contribution < -0.4 is 10.1 Å². The molecule has 1 aromatic heterocycles. The van der Waals surface area contributed by atoms with Crippen LogP contribution in [0.4, 0.5) is 10.5 Å². The number of rotatable bonds is 3. The topological polar surface area (TPSA) is 67.0 Å². The number of benzene rings is 3. The lowest BCUT2D eigenvalue weighted by Crippen LogP contribution is -2.16. The first-order valence-electron chi connectivity index (χ1n) is 9.22. The minimum Gasteiger partial charge on any atom is -0.410 e. The molecule has 0 atom stereocenters.